The first-order valence-corrected chi connectivity index (χ1v) is 13.0. The number of fused-ring (bicyclic) bond motifs is 3. The molecule has 0 N–H and O–H groups in total. The largest absolute Gasteiger partial charge is 0.228 e. The predicted molar refractivity (Wildman–Crippen MR) is 119 cm³/mol. The maximum atomic E-state index is 12.8. The second kappa shape index (κ2) is 8.13. The normalized spacial score (nSPS) is 27.9. The van der Waals surface area contributed by atoms with E-state index < -0.39 is 14.6 Å². The number of unbranched alkanes of at least 4 members (excludes halogenated alkanes) is 1. The Morgan fingerprint density at radius 1 is 0.821 bits per heavy atom. The van der Waals surface area contributed by atoms with Crippen LogP contribution in [0.5, 0.6) is 0 Å². The Labute approximate surface area is 173 Å². The molecular weight excluding hydrogens is 364 g/mol. The fraction of sp³-hybridized carbons (Fsp3) is 0.760. The summed E-state index contributed by atoms with van der Waals surface area (Å²) in [5.41, 5.74) is 3.46. The van der Waals surface area contributed by atoms with E-state index in [4.69, 9.17) is 0 Å². The number of benzene rings is 1. The van der Waals surface area contributed by atoms with Gasteiger partial charge in [-0.25, -0.2) is 8.42 Å². The van der Waals surface area contributed by atoms with Crippen molar-refractivity contribution in [3.63, 3.8) is 0 Å². The van der Waals surface area contributed by atoms with Gasteiger partial charge in [-0.15, -0.1) is 0 Å². The van der Waals surface area contributed by atoms with Gasteiger partial charge in [0.1, 0.15) is 0 Å². The minimum Gasteiger partial charge on any atom is -0.228 e. The van der Waals surface area contributed by atoms with Crippen LogP contribution in [0.3, 0.4) is 0 Å². The van der Waals surface area contributed by atoms with Crippen LogP contribution in [-0.2, 0) is 22.7 Å². The Morgan fingerprint density at radius 2 is 1.29 bits per heavy atom. The summed E-state index contributed by atoms with van der Waals surface area (Å²) in [6, 6.07) is 9.28. The Balaban J connectivity index is 1.55. The van der Waals surface area contributed by atoms with Crippen molar-refractivity contribution in [2.75, 3.05) is 5.75 Å². The molecule has 1 aromatic rings. The van der Waals surface area contributed by atoms with E-state index in [0.717, 1.165) is 19.3 Å². The molecule has 0 unspecified atom stereocenters. The van der Waals surface area contributed by atoms with Crippen LogP contribution in [0.25, 0.3) is 0 Å². The van der Waals surface area contributed by atoms with E-state index in [1.54, 1.807) is 0 Å². The summed E-state index contributed by atoms with van der Waals surface area (Å²) in [5.74, 6) is 0.402. The summed E-state index contributed by atoms with van der Waals surface area (Å²) < 4.78 is 24.9. The average molecular weight is 405 g/mol. The lowest BCUT2D eigenvalue weighted by Gasteiger charge is -2.54. The predicted octanol–water partition coefficient (Wildman–Crippen LogP) is 6.52. The number of hydrogen-bond acceptors (Lipinski definition) is 2. The lowest BCUT2D eigenvalue weighted by Crippen LogP contribution is -2.47. The molecule has 3 aliphatic rings. The molecule has 28 heavy (non-hydrogen) atoms. The summed E-state index contributed by atoms with van der Waals surface area (Å²) >= 11 is 0. The number of rotatable bonds is 8. The smallest absolute Gasteiger partial charge is 0.155 e. The Bertz CT molecular complexity index is 728. The van der Waals surface area contributed by atoms with Gasteiger partial charge in [0.25, 0.3) is 0 Å². The summed E-state index contributed by atoms with van der Waals surface area (Å²) in [6.07, 6.45) is 13.2. The molecule has 0 saturated heterocycles. The quantitative estimate of drug-likeness (QED) is 0.494. The molecule has 0 radical (unpaired) electrons. The molecule has 0 amide bonds. The maximum absolute atomic E-state index is 12.8. The molecule has 4 rings (SSSR count). The summed E-state index contributed by atoms with van der Waals surface area (Å²) in [6.45, 7) is 7.79. The van der Waals surface area contributed by atoms with Gasteiger partial charge in [-0.1, -0.05) is 37.6 Å². The minimum absolute atomic E-state index is 0.0643. The van der Waals surface area contributed by atoms with E-state index in [9.17, 15) is 8.42 Å². The van der Waals surface area contributed by atoms with Crippen LogP contribution in [-0.4, -0.2) is 18.9 Å². The molecule has 3 saturated carbocycles. The van der Waals surface area contributed by atoms with E-state index in [1.165, 1.54) is 62.5 Å². The standard InChI is InChI=1S/C25H40O2S/c1-5-6-7-21-8-10-22(11-9-21)12-13-24-14-17-25(18-15-24,19-16-24)20-28(26,27)23(2,3)4/h8-11H,5-7,12-20H2,1-4H3. The zero-order valence-electron chi connectivity index (χ0n) is 18.5. The molecule has 1 aromatic carbocycles. The highest BCUT2D eigenvalue weighted by Crippen LogP contribution is 2.59. The topological polar surface area (TPSA) is 34.1 Å². The molecule has 158 valence electrons. The van der Waals surface area contributed by atoms with E-state index in [0.29, 0.717) is 11.2 Å². The molecular formula is C25H40O2S. The van der Waals surface area contributed by atoms with Crippen LogP contribution in [0.2, 0.25) is 0 Å². The summed E-state index contributed by atoms with van der Waals surface area (Å²) in [4.78, 5) is 0. The first kappa shape index (κ1) is 21.9. The van der Waals surface area contributed by atoms with Crippen LogP contribution in [0.15, 0.2) is 24.3 Å². The number of hydrogen-bond donors (Lipinski definition) is 0. The summed E-state index contributed by atoms with van der Waals surface area (Å²) in [7, 11) is -3.03. The van der Waals surface area contributed by atoms with Gasteiger partial charge in [-0.05, 0) is 107 Å². The van der Waals surface area contributed by atoms with E-state index in [1.807, 2.05) is 20.8 Å². The highest BCUT2D eigenvalue weighted by Gasteiger charge is 2.50. The SMILES string of the molecule is CCCCc1ccc(CCC23CCC(CS(=O)(=O)C(C)(C)C)(CC2)CC3)cc1. The van der Waals surface area contributed by atoms with E-state index in [-0.39, 0.29) is 5.41 Å². The van der Waals surface area contributed by atoms with E-state index in [2.05, 4.69) is 31.2 Å². The highest BCUT2D eigenvalue weighted by atomic mass is 32.2. The molecule has 0 spiro atoms. The van der Waals surface area contributed by atoms with Crippen molar-refractivity contribution in [3.05, 3.63) is 35.4 Å². The fourth-order valence-corrected chi connectivity index (χ4v) is 6.89. The van der Waals surface area contributed by atoms with Gasteiger partial charge in [-0.3, -0.25) is 0 Å². The second-order valence-corrected chi connectivity index (χ2v) is 13.5. The molecule has 3 heteroatoms. The zero-order valence-corrected chi connectivity index (χ0v) is 19.3. The van der Waals surface area contributed by atoms with Crippen molar-refractivity contribution in [1.29, 1.82) is 0 Å². The number of sulfone groups is 1. The van der Waals surface area contributed by atoms with Crippen LogP contribution in [0.4, 0.5) is 0 Å². The molecule has 3 fully saturated rings. The van der Waals surface area contributed by atoms with Crippen molar-refractivity contribution in [1.82, 2.24) is 0 Å². The highest BCUT2D eigenvalue weighted by molar-refractivity contribution is 7.92. The Kier molecular flexibility index (Phi) is 6.35. The minimum atomic E-state index is -3.03. The maximum Gasteiger partial charge on any atom is 0.155 e. The molecule has 0 aliphatic heterocycles. The van der Waals surface area contributed by atoms with E-state index >= 15 is 0 Å². The van der Waals surface area contributed by atoms with Crippen molar-refractivity contribution >= 4 is 9.84 Å². The van der Waals surface area contributed by atoms with Crippen molar-refractivity contribution in [3.8, 4) is 0 Å². The van der Waals surface area contributed by atoms with Gasteiger partial charge in [0.05, 0.1) is 10.5 Å². The molecule has 2 nitrogen and oxygen atoms in total. The van der Waals surface area contributed by atoms with Gasteiger partial charge >= 0.3 is 0 Å². The van der Waals surface area contributed by atoms with Crippen LogP contribution >= 0.6 is 0 Å². The Hall–Kier alpha value is -0.830. The van der Waals surface area contributed by atoms with Crippen molar-refractivity contribution in [2.24, 2.45) is 10.8 Å². The second-order valence-electron chi connectivity index (χ2n) is 10.8. The third-order valence-corrected chi connectivity index (χ3v) is 10.6. The Morgan fingerprint density at radius 3 is 1.75 bits per heavy atom. The van der Waals surface area contributed by atoms with Crippen molar-refractivity contribution < 1.29 is 8.42 Å². The number of aryl methyl sites for hydroxylation is 2. The fourth-order valence-electron chi connectivity index (χ4n) is 5.22. The first-order valence-electron chi connectivity index (χ1n) is 11.4. The van der Waals surface area contributed by atoms with Crippen LogP contribution < -0.4 is 0 Å². The third-order valence-electron chi connectivity index (χ3n) is 7.77. The van der Waals surface area contributed by atoms with Gasteiger partial charge in [0, 0.05) is 0 Å². The van der Waals surface area contributed by atoms with Gasteiger partial charge in [0.2, 0.25) is 0 Å². The molecule has 2 bridgehead atoms. The van der Waals surface area contributed by atoms with Gasteiger partial charge in [-0.2, -0.15) is 0 Å². The van der Waals surface area contributed by atoms with Gasteiger partial charge in [0.15, 0.2) is 9.84 Å². The monoisotopic (exact) mass is 404 g/mol. The lowest BCUT2D eigenvalue weighted by molar-refractivity contribution is -0.000414. The third kappa shape index (κ3) is 4.83. The average Bonchev–Trinajstić information content (AvgIpc) is 2.66. The zero-order chi connectivity index (χ0) is 20.5. The van der Waals surface area contributed by atoms with Crippen molar-refractivity contribution in [2.45, 2.75) is 103 Å². The van der Waals surface area contributed by atoms with Gasteiger partial charge < -0.3 is 0 Å². The molecule has 0 aromatic heterocycles. The van der Waals surface area contributed by atoms with Crippen LogP contribution in [0.1, 0.15) is 96.6 Å². The van der Waals surface area contributed by atoms with Crippen LogP contribution in [0, 0.1) is 10.8 Å². The molecule has 3 aliphatic carbocycles. The molecule has 0 atom stereocenters. The first-order chi connectivity index (χ1) is 13.1. The lowest BCUT2D eigenvalue weighted by atomic mass is 9.53. The molecule has 0 heterocycles. The summed E-state index contributed by atoms with van der Waals surface area (Å²) in [5, 5.41) is 0.